The molecule has 0 spiro atoms. The van der Waals surface area contributed by atoms with Crippen LogP contribution in [0.4, 0.5) is 10.1 Å². The predicted molar refractivity (Wildman–Crippen MR) is 82.1 cm³/mol. The zero-order chi connectivity index (χ0) is 14.7. The molecule has 0 aromatic heterocycles. The molecule has 0 aliphatic rings. The Morgan fingerprint density at radius 1 is 1.20 bits per heavy atom. The van der Waals surface area contributed by atoms with Crippen molar-refractivity contribution in [1.29, 1.82) is 5.26 Å². The van der Waals surface area contributed by atoms with Crippen molar-refractivity contribution >= 4 is 21.6 Å². The smallest absolute Gasteiger partial charge is 0.161 e. The number of rotatable bonds is 3. The summed E-state index contributed by atoms with van der Waals surface area (Å²) in [5, 5.41) is 8.87. The topological polar surface area (TPSA) is 27.0 Å². The summed E-state index contributed by atoms with van der Waals surface area (Å²) in [6.07, 6.45) is 0. The SMILES string of the molecule is Cc1ccc(CN(C)c2ccc(C#N)c(Br)c2F)cc1. The molecule has 20 heavy (non-hydrogen) atoms. The Morgan fingerprint density at radius 3 is 2.45 bits per heavy atom. The molecule has 0 saturated heterocycles. The van der Waals surface area contributed by atoms with E-state index in [0.717, 1.165) is 5.56 Å². The molecule has 2 aromatic carbocycles. The van der Waals surface area contributed by atoms with Gasteiger partial charge in [0.2, 0.25) is 0 Å². The van der Waals surface area contributed by atoms with Crippen molar-refractivity contribution in [3.8, 4) is 6.07 Å². The zero-order valence-corrected chi connectivity index (χ0v) is 12.9. The molecule has 0 aliphatic heterocycles. The van der Waals surface area contributed by atoms with Crippen LogP contribution in [0.5, 0.6) is 0 Å². The molecule has 4 heteroatoms. The van der Waals surface area contributed by atoms with E-state index in [9.17, 15) is 4.39 Å². The Morgan fingerprint density at radius 2 is 1.85 bits per heavy atom. The number of hydrogen-bond acceptors (Lipinski definition) is 2. The molecule has 0 heterocycles. The highest BCUT2D eigenvalue weighted by Gasteiger charge is 2.14. The minimum Gasteiger partial charge on any atom is -0.368 e. The first-order valence-corrected chi connectivity index (χ1v) is 6.97. The molecule has 0 unspecified atom stereocenters. The third kappa shape index (κ3) is 3.00. The van der Waals surface area contributed by atoms with E-state index in [-0.39, 0.29) is 4.47 Å². The first-order chi connectivity index (χ1) is 9.52. The number of nitriles is 1. The molecule has 0 saturated carbocycles. The van der Waals surface area contributed by atoms with Crippen LogP contribution >= 0.6 is 15.9 Å². The van der Waals surface area contributed by atoms with Gasteiger partial charge in [0.05, 0.1) is 15.7 Å². The Kier molecular flexibility index (Phi) is 4.41. The number of halogens is 2. The molecule has 2 nitrogen and oxygen atoms in total. The molecule has 0 radical (unpaired) electrons. The summed E-state index contributed by atoms with van der Waals surface area (Å²) in [5.41, 5.74) is 3.08. The van der Waals surface area contributed by atoms with Gasteiger partial charge in [-0.25, -0.2) is 4.39 Å². The van der Waals surface area contributed by atoms with E-state index in [1.807, 2.05) is 49.2 Å². The average molecular weight is 333 g/mol. The fraction of sp³-hybridized carbons (Fsp3) is 0.188. The number of benzene rings is 2. The molecule has 102 valence electrons. The van der Waals surface area contributed by atoms with Crippen molar-refractivity contribution in [2.75, 3.05) is 11.9 Å². The average Bonchev–Trinajstić information content (AvgIpc) is 2.44. The maximum absolute atomic E-state index is 14.2. The maximum Gasteiger partial charge on any atom is 0.161 e. The summed E-state index contributed by atoms with van der Waals surface area (Å²) < 4.78 is 14.4. The second-order valence-electron chi connectivity index (χ2n) is 4.71. The second-order valence-corrected chi connectivity index (χ2v) is 5.51. The van der Waals surface area contributed by atoms with Crippen LogP contribution in [0.1, 0.15) is 16.7 Å². The van der Waals surface area contributed by atoms with Gasteiger partial charge in [0.15, 0.2) is 5.82 Å². The summed E-state index contributed by atoms with van der Waals surface area (Å²) in [6.45, 7) is 2.64. The summed E-state index contributed by atoms with van der Waals surface area (Å²) in [6, 6.07) is 13.3. The van der Waals surface area contributed by atoms with Gasteiger partial charge in [-0.1, -0.05) is 29.8 Å². The van der Waals surface area contributed by atoms with Gasteiger partial charge in [0.1, 0.15) is 6.07 Å². The minimum atomic E-state index is -0.404. The van der Waals surface area contributed by atoms with Gasteiger partial charge in [0, 0.05) is 13.6 Å². The van der Waals surface area contributed by atoms with Crippen LogP contribution in [0.15, 0.2) is 40.9 Å². The van der Waals surface area contributed by atoms with Gasteiger partial charge in [-0.3, -0.25) is 0 Å². The molecular formula is C16H14BrFN2. The van der Waals surface area contributed by atoms with Crippen LogP contribution in [0.25, 0.3) is 0 Å². The third-order valence-corrected chi connectivity index (χ3v) is 3.91. The van der Waals surface area contributed by atoms with Crippen LogP contribution in [0, 0.1) is 24.1 Å². The third-order valence-electron chi connectivity index (χ3n) is 3.13. The van der Waals surface area contributed by atoms with Crippen LogP contribution < -0.4 is 4.90 Å². The molecule has 0 bridgehead atoms. The monoisotopic (exact) mass is 332 g/mol. The number of anilines is 1. The van der Waals surface area contributed by atoms with E-state index in [2.05, 4.69) is 15.9 Å². The Bertz CT molecular complexity index is 659. The Balaban J connectivity index is 2.26. The van der Waals surface area contributed by atoms with Crippen LogP contribution in [0.2, 0.25) is 0 Å². The van der Waals surface area contributed by atoms with E-state index in [4.69, 9.17) is 5.26 Å². The van der Waals surface area contributed by atoms with Gasteiger partial charge in [0.25, 0.3) is 0 Å². The first-order valence-electron chi connectivity index (χ1n) is 6.17. The van der Waals surface area contributed by atoms with Gasteiger partial charge >= 0.3 is 0 Å². The first kappa shape index (κ1) is 14.5. The van der Waals surface area contributed by atoms with Crippen LogP contribution in [-0.4, -0.2) is 7.05 Å². The van der Waals surface area contributed by atoms with E-state index in [1.54, 1.807) is 12.1 Å². The highest BCUT2D eigenvalue weighted by molar-refractivity contribution is 9.10. The summed E-state index contributed by atoms with van der Waals surface area (Å²) in [7, 11) is 1.83. The van der Waals surface area contributed by atoms with Gasteiger partial charge < -0.3 is 4.90 Å². The van der Waals surface area contributed by atoms with Crippen molar-refractivity contribution in [3.05, 3.63) is 63.4 Å². The molecule has 0 aliphatic carbocycles. The van der Waals surface area contributed by atoms with Gasteiger partial charge in [-0.05, 0) is 40.5 Å². The minimum absolute atomic E-state index is 0.216. The van der Waals surface area contributed by atoms with Crippen molar-refractivity contribution in [1.82, 2.24) is 0 Å². The lowest BCUT2D eigenvalue weighted by Crippen LogP contribution is -2.18. The Labute approximate surface area is 126 Å². The summed E-state index contributed by atoms with van der Waals surface area (Å²) >= 11 is 3.13. The molecule has 0 atom stereocenters. The highest BCUT2D eigenvalue weighted by atomic mass is 79.9. The number of hydrogen-bond donors (Lipinski definition) is 0. The molecular weight excluding hydrogens is 319 g/mol. The van der Waals surface area contributed by atoms with Gasteiger partial charge in [-0.2, -0.15) is 5.26 Å². The maximum atomic E-state index is 14.2. The van der Waals surface area contributed by atoms with E-state index < -0.39 is 5.82 Å². The van der Waals surface area contributed by atoms with Crippen molar-refractivity contribution in [3.63, 3.8) is 0 Å². The van der Waals surface area contributed by atoms with E-state index >= 15 is 0 Å². The number of nitrogens with zero attached hydrogens (tertiary/aromatic N) is 2. The van der Waals surface area contributed by atoms with Crippen molar-refractivity contribution < 1.29 is 4.39 Å². The molecule has 0 fully saturated rings. The van der Waals surface area contributed by atoms with Crippen molar-refractivity contribution in [2.45, 2.75) is 13.5 Å². The van der Waals surface area contributed by atoms with Crippen molar-refractivity contribution in [2.24, 2.45) is 0 Å². The predicted octanol–water partition coefficient (Wildman–Crippen LogP) is 4.40. The quantitative estimate of drug-likeness (QED) is 0.832. The summed E-state index contributed by atoms with van der Waals surface area (Å²) in [5.74, 6) is -0.404. The summed E-state index contributed by atoms with van der Waals surface area (Å²) in [4.78, 5) is 1.83. The lowest BCUT2D eigenvalue weighted by atomic mass is 10.1. The lowest BCUT2D eigenvalue weighted by Gasteiger charge is -2.21. The van der Waals surface area contributed by atoms with Gasteiger partial charge in [-0.15, -0.1) is 0 Å². The molecule has 0 amide bonds. The fourth-order valence-electron chi connectivity index (χ4n) is 1.97. The lowest BCUT2D eigenvalue weighted by molar-refractivity contribution is 0.615. The molecule has 0 N–H and O–H groups in total. The van der Waals surface area contributed by atoms with Crippen LogP contribution in [0.3, 0.4) is 0 Å². The van der Waals surface area contributed by atoms with E-state index in [0.29, 0.717) is 17.8 Å². The highest BCUT2D eigenvalue weighted by Crippen LogP contribution is 2.29. The Hall–Kier alpha value is -1.86. The standard InChI is InChI=1S/C16H14BrFN2/c1-11-3-5-12(6-4-11)10-20(2)14-8-7-13(9-19)15(17)16(14)18/h3-8H,10H2,1-2H3. The zero-order valence-electron chi connectivity index (χ0n) is 11.3. The molecule has 2 rings (SSSR count). The fourth-order valence-corrected chi connectivity index (χ4v) is 2.40. The molecule has 2 aromatic rings. The number of aryl methyl sites for hydroxylation is 1. The second kappa shape index (κ2) is 6.06. The largest absolute Gasteiger partial charge is 0.368 e. The normalized spacial score (nSPS) is 10.2. The van der Waals surface area contributed by atoms with E-state index in [1.165, 1.54) is 5.56 Å². The van der Waals surface area contributed by atoms with Crippen LogP contribution in [-0.2, 0) is 6.54 Å².